The quantitative estimate of drug-likeness (QED) is 0.841. The van der Waals surface area contributed by atoms with Crippen LogP contribution in [0.1, 0.15) is 37.7 Å². The first kappa shape index (κ1) is 14.5. The number of hydrogen-bond donors (Lipinski definition) is 1. The van der Waals surface area contributed by atoms with E-state index < -0.39 is 10.0 Å². The van der Waals surface area contributed by atoms with Crippen molar-refractivity contribution in [2.45, 2.75) is 48.9 Å². The van der Waals surface area contributed by atoms with Gasteiger partial charge in [0, 0.05) is 26.2 Å². The van der Waals surface area contributed by atoms with E-state index in [1.165, 1.54) is 47.7 Å². The minimum absolute atomic E-state index is 0.479. The molecule has 0 saturated heterocycles. The second-order valence-electron chi connectivity index (χ2n) is 6.01. The Bertz CT molecular complexity index is 559. The number of rotatable bonds is 7. The second-order valence-corrected chi connectivity index (χ2v) is 9.19. The van der Waals surface area contributed by atoms with Crippen molar-refractivity contribution in [2.75, 3.05) is 13.6 Å². The molecule has 1 aromatic rings. The third-order valence-electron chi connectivity index (χ3n) is 4.21. The molecule has 0 aromatic carbocycles. The molecule has 0 atom stereocenters. The second kappa shape index (κ2) is 5.75. The molecule has 0 unspecified atom stereocenters. The van der Waals surface area contributed by atoms with Gasteiger partial charge in [-0.25, -0.2) is 8.42 Å². The van der Waals surface area contributed by atoms with Crippen LogP contribution in [0.15, 0.2) is 15.7 Å². The van der Waals surface area contributed by atoms with Crippen LogP contribution < -0.4 is 5.32 Å². The molecule has 1 heterocycles. The first-order valence-electron chi connectivity index (χ1n) is 7.33. The van der Waals surface area contributed by atoms with Crippen molar-refractivity contribution in [3.8, 4) is 0 Å². The van der Waals surface area contributed by atoms with E-state index in [1.54, 1.807) is 7.05 Å². The average Bonchev–Trinajstić information content (AvgIpc) is 3.07. The minimum atomic E-state index is -3.29. The Morgan fingerprint density at radius 1 is 1.35 bits per heavy atom. The smallest absolute Gasteiger partial charge is 0.252 e. The largest absolute Gasteiger partial charge is 0.310 e. The molecule has 0 amide bonds. The third kappa shape index (κ3) is 3.24. The number of thiophene rings is 1. The Balaban J connectivity index is 1.62. The normalized spacial score (nSPS) is 20.3. The van der Waals surface area contributed by atoms with Gasteiger partial charge in [0.15, 0.2) is 0 Å². The summed E-state index contributed by atoms with van der Waals surface area (Å²) < 4.78 is 27.0. The van der Waals surface area contributed by atoms with Gasteiger partial charge < -0.3 is 5.32 Å². The fourth-order valence-corrected chi connectivity index (χ4v) is 5.09. The summed E-state index contributed by atoms with van der Waals surface area (Å²) in [6, 6.07) is 2.48. The Hall–Kier alpha value is -0.430. The van der Waals surface area contributed by atoms with Crippen molar-refractivity contribution in [1.82, 2.24) is 9.62 Å². The summed E-state index contributed by atoms with van der Waals surface area (Å²) in [7, 11) is -1.58. The molecule has 0 bridgehead atoms. The number of nitrogens with zero attached hydrogens (tertiary/aromatic N) is 1. The molecular weight excluding hydrogens is 292 g/mol. The van der Waals surface area contributed by atoms with Gasteiger partial charge in [-0.2, -0.15) is 4.31 Å². The van der Waals surface area contributed by atoms with E-state index in [4.69, 9.17) is 0 Å². The molecule has 2 aliphatic rings. The molecule has 0 spiro atoms. The predicted octanol–water partition coefficient (Wildman–Crippen LogP) is 2.42. The van der Waals surface area contributed by atoms with Crippen LogP contribution in [0.4, 0.5) is 0 Å². The van der Waals surface area contributed by atoms with E-state index >= 15 is 0 Å². The average molecular weight is 314 g/mol. The van der Waals surface area contributed by atoms with Crippen LogP contribution in [0.5, 0.6) is 0 Å². The molecule has 2 fully saturated rings. The number of nitrogens with one attached hydrogen (secondary N) is 1. The molecule has 112 valence electrons. The van der Waals surface area contributed by atoms with Crippen molar-refractivity contribution in [3.05, 3.63) is 17.0 Å². The lowest BCUT2D eigenvalue weighted by molar-refractivity contribution is 0.263. The highest BCUT2D eigenvalue weighted by Crippen LogP contribution is 2.30. The van der Waals surface area contributed by atoms with Gasteiger partial charge in [-0.1, -0.05) is 6.42 Å². The SMILES string of the molecule is CN(CC1CCC1)S(=O)(=O)c1cc(CNC2CC2)cs1. The summed E-state index contributed by atoms with van der Waals surface area (Å²) in [5, 5.41) is 5.37. The Kier molecular flexibility index (Phi) is 4.17. The topological polar surface area (TPSA) is 49.4 Å². The van der Waals surface area contributed by atoms with Gasteiger partial charge in [0.1, 0.15) is 4.21 Å². The van der Waals surface area contributed by atoms with Crippen molar-refractivity contribution in [3.63, 3.8) is 0 Å². The van der Waals surface area contributed by atoms with Gasteiger partial charge in [0.05, 0.1) is 0 Å². The molecule has 1 aromatic heterocycles. The summed E-state index contributed by atoms with van der Waals surface area (Å²) in [4.78, 5) is 0. The molecule has 6 heteroatoms. The minimum Gasteiger partial charge on any atom is -0.310 e. The Morgan fingerprint density at radius 2 is 2.10 bits per heavy atom. The zero-order chi connectivity index (χ0) is 14.2. The fourth-order valence-electron chi connectivity index (χ4n) is 2.42. The molecule has 2 saturated carbocycles. The van der Waals surface area contributed by atoms with Gasteiger partial charge in [0.25, 0.3) is 10.0 Å². The summed E-state index contributed by atoms with van der Waals surface area (Å²) in [5.41, 5.74) is 1.08. The standard InChI is InChI=1S/C14H22N2O2S2/c1-16(9-11-3-2-4-11)20(17,18)14-7-12(10-19-14)8-15-13-5-6-13/h7,10-11,13,15H,2-6,8-9H2,1H3. The van der Waals surface area contributed by atoms with Crippen molar-refractivity contribution >= 4 is 21.4 Å². The molecule has 0 radical (unpaired) electrons. The van der Waals surface area contributed by atoms with Crippen LogP contribution in [0.3, 0.4) is 0 Å². The highest BCUT2D eigenvalue weighted by atomic mass is 32.2. The summed E-state index contributed by atoms with van der Waals surface area (Å²) in [6.07, 6.45) is 6.08. The monoisotopic (exact) mass is 314 g/mol. The van der Waals surface area contributed by atoms with Crippen LogP contribution in [-0.4, -0.2) is 32.4 Å². The Morgan fingerprint density at radius 3 is 2.70 bits per heavy atom. The first-order chi connectivity index (χ1) is 9.55. The molecule has 20 heavy (non-hydrogen) atoms. The predicted molar refractivity (Wildman–Crippen MR) is 81.3 cm³/mol. The van der Waals surface area contributed by atoms with E-state index in [9.17, 15) is 8.42 Å². The lowest BCUT2D eigenvalue weighted by Crippen LogP contribution is -2.33. The van der Waals surface area contributed by atoms with Crippen LogP contribution in [0.2, 0.25) is 0 Å². The highest BCUT2D eigenvalue weighted by Gasteiger charge is 2.28. The first-order valence-corrected chi connectivity index (χ1v) is 9.65. The van der Waals surface area contributed by atoms with E-state index in [-0.39, 0.29) is 0 Å². The maximum absolute atomic E-state index is 12.5. The molecule has 0 aliphatic heterocycles. The zero-order valence-corrected chi connectivity index (χ0v) is 13.5. The van der Waals surface area contributed by atoms with E-state index in [2.05, 4.69) is 5.32 Å². The molecule has 2 aliphatic carbocycles. The van der Waals surface area contributed by atoms with Gasteiger partial charge in [-0.15, -0.1) is 11.3 Å². The molecule has 4 nitrogen and oxygen atoms in total. The third-order valence-corrected chi connectivity index (χ3v) is 7.49. The molecular formula is C14H22N2O2S2. The van der Waals surface area contributed by atoms with Gasteiger partial charge in [-0.3, -0.25) is 0 Å². The Labute approximate surface area is 125 Å². The molecule has 1 N–H and O–H groups in total. The van der Waals surface area contributed by atoms with Crippen LogP contribution in [0, 0.1) is 5.92 Å². The van der Waals surface area contributed by atoms with Gasteiger partial charge in [0.2, 0.25) is 0 Å². The van der Waals surface area contributed by atoms with E-state index in [0.717, 1.165) is 12.1 Å². The van der Waals surface area contributed by atoms with Crippen LogP contribution >= 0.6 is 11.3 Å². The summed E-state index contributed by atoms with van der Waals surface area (Å²) in [5.74, 6) is 0.561. The van der Waals surface area contributed by atoms with Crippen LogP contribution in [0.25, 0.3) is 0 Å². The molecule has 3 rings (SSSR count). The summed E-state index contributed by atoms with van der Waals surface area (Å²) in [6.45, 7) is 1.44. The van der Waals surface area contributed by atoms with Crippen molar-refractivity contribution < 1.29 is 8.42 Å². The zero-order valence-electron chi connectivity index (χ0n) is 11.8. The fraction of sp³-hybridized carbons (Fsp3) is 0.714. The summed E-state index contributed by atoms with van der Waals surface area (Å²) >= 11 is 1.34. The lowest BCUT2D eigenvalue weighted by Gasteiger charge is -2.29. The maximum atomic E-state index is 12.5. The van der Waals surface area contributed by atoms with Crippen molar-refractivity contribution in [1.29, 1.82) is 0 Å². The maximum Gasteiger partial charge on any atom is 0.252 e. The van der Waals surface area contributed by atoms with Crippen molar-refractivity contribution in [2.24, 2.45) is 5.92 Å². The lowest BCUT2D eigenvalue weighted by atomic mass is 9.86. The van der Waals surface area contributed by atoms with Crippen LogP contribution in [-0.2, 0) is 16.6 Å². The number of sulfonamides is 1. The van der Waals surface area contributed by atoms with Gasteiger partial charge in [-0.05, 0) is 48.6 Å². The number of hydrogen-bond acceptors (Lipinski definition) is 4. The van der Waals surface area contributed by atoms with E-state index in [0.29, 0.717) is 22.7 Å². The highest BCUT2D eigenvalue weighted by molar-refractivity contribution is 7.91. The van der Waals surface area contributed by atoms with Gasteiger partial charge >= 0.3 is 0 Å². The van der Waals surface area contributed by atoms with E-state index in [1.807, 2.05) is 11.4 Å².